The summed E-state index contributed by atoms with van der Waals surface area (Å²) in [6, 6.07) is 15.9. The third-order valence-corrected chi connectivity index (χ3v) is 9.09. The number of aromatic nitrogens is 1. The average molecular weight is 603 g/mol. The summed E-state index contributed by atoms with van der Waals surface area (Å²) in [5.41, 5.74) is 0.855. The topological polar surface area (TPSA) is 101 Å². The molecule has 230 valence electrons. The average Bonchev–Trinajstić information content (AvgIpc) is 3.02. The number of carbonyl (C=O) groups is 3. The molecule has 10 nitrogen and oxygen atoms in total. The van der Waals surface area contributed by atoms with Crippen molar-refractivity contribution in [1.29, 1.82) is 0 Å². The number of pyridine rings is 1. The highest BCUT2D eigenvalue weighted by atomic mass is 19.1. The van der Waals surface area contributed by atoms with Crippen LogP contribution in [0.5, 0.6) is 11.5 Å². The highest BCUT2D eigenvalue weighted by Crippen LogP contribution is 2.40. The summed E-state index contributed by atoms with van der Waals surface area (Å²) in [4.78, 5) is 57.5. The first kappa shape index (κ1) is 29.6. The fraction of sp³-hybridized carbons (Fsp3) is 0.394. The SMILES string of the molecule is COc1cc(CC2(CN3C[C@@H]4C[C@H](C3)c3cccc(=O)n3C4)C(=O)N(C)C(=O)N(C)C2=O)ccc1OCc1ccc(F)cc1. The van der Waals surface area contributed by atoms with Crippen molar-refractivity contribution in [2.75, 3.05) is 40.8 Å². The minimum absolute atomic E-state index is 0.0134. The number of hydrogen-bond acceptors (Lipinski definition) is 7. The van der Waals surface area contributed by atoms with Gasteiger partial charge < -0.3 is 18.9 Å². The molecule has 3 aliphatic heterocycles. The molecule has 3 aromatic rings. The Morgan fingerprint density at radius 3 is 2.27 bits per heavy atom. The summed E-state index contributed by atoms with van der Waals surface area (Å²) >= 11 is 0. The van der Waals surface area contributed by atoms with Crippen LogP contribution in [-0.4, -0.2) is 78.0 Å². The lowest BCUT2D eigenvalue weighted by atomic mass is 9.75. The summed E-state index contributed by atoms with van der Waals surface area (Å²) in [7, 11) is 4.32. The van der Waals surface area contributed by atoms with Gasteiger partial charge in [0.15, 0.2) is 11.5 Å². The Bertz CT molecular complexity index is 1650. The molecule has 2 bridgehead atoms. The van der Waals surface area contributed by atoms with Crippen LogP contribution < -0.4 is 15.0 Å². The number of rotatable bonds is 8. The molecular weight excluding hydrogens is 567 g/mol. The lowest BCUT2D eigenvalue weighted by Crippen LogP contribution is -2.67. The summed E-state index contributed by atoms with van der Waals surface area (Å²) in [5, 5.41) is 0. The monoisotopic (exact) mass is 602 g/mol. The molecule has 0 spiro atoms. The van der Waals surface area contributed by atoms with Gasteiger partial charge in [0.2, 0.25) is 11.8 Å². The van der Waals surface area contributed by atoms with E-state index < -0.39 is 23.3 Å². The molecule has 6 rings (SSSR count). The summed E-state index contributed by atoms with van der Waals surface area (Å²) in [5.74, 6) is -0.260. The Morgan fingerprint density at radius 1 is 0.864 bits per heavy atom. The fourth-order valence-corrected chi connectivity index (χ4v) is 7.01. The third kappa shape index (κ3) is 5.25. The molecule has 0 saturated carbocycles. The minimum atomic E-state index is -1.55. The number of urea groups is 1. The van der Waals surface area contributed by atoms with Crippen LogP contribution in [0.3, 0.4) is 0 Å². The molecule has 2 fully saturated rings. The van der Waals surface area contributed by atoms with E-state index in [2.05, 4.69) is 4.90 Å². The molecule has 2 saturated heterocycles. The largest absolute Gasteiger partial charge is 0.493 e. The van der Waals surface area contributed by atoms with Crippen molar-refractivity contribution in [3.05, 3.63) is 93.7 Å². The maximum atomic E-state index is 14.0. The van der Waals surface area contributed by atoms with Crippen LogP contribution >= 0.6 is 0 Å². The molecule has 0 unspecified atom stereocenters. The van der Waals surface area contributed by atoms with Crippen molar-refractivity contribution in [3.8, 4) is 11.5 Å². The summed E-state index contributed by atoms with van der Waals surface area (Å²) in [6.07, 6.45) is 0.979. The van der Waals surface area contributed by atoms with Gasteiger partial charge >= 0.3 is 6.03 Å². The number of ether oxygens (including phenoxy) is 2. The van der Waals surface area contributed by atoms with Crippen molar-refractivity contribution in [2.24, 2.45) is 11.3 Å². The van der Waals surface area contributed by atoms with Crippen molar-refractivity contribution in [1.82, 2.24) is 19.3 Å². The van der Waals surface area contributed by atoms with Gasteiger partial charge in [0, 0.05) is 58.0 Å². The molecule has 2 aromatic carbocycles. The van der Waals surface area contributed by atoms with Gasteiger partial charge in [0.05, 0.1) is 7.11 Å². The maximum Gasteiger partial charge on any atom is 0.332 e. The molecule has 2 atom stereocenters. The molecule has 0 N–H and O–H groups in total. The van der Waals surface area contributed by atoms with E-state index in [-0.39, 0.29) is 42.8 Å². The second-order valence-electron chi connectivity index (χ2n) is 12.1. The van der Waals surface area contributed by atoms with Crippen LogP contribution in [0.25, 0.3) is 0 Å². The standard InChI is InChI=1S/C33H35FN4O6/c1-35-30(40)33(31(41)36(2)32(35)42,20-37-16-23-13-24(18-37)26-5-4-6-29(39)38(26)17-23)15-22-9-12-27(28(14-22)43-3)44-19-21-7-10-25(34)11-8-21/h4-12,14,23-24H,13,15-20H2,1-3H3/t23-,24+/m0/s1. The van der Waals surface area contributed by atoms with Gasteiger partial charge in [-0.25, -0.2) is 9.18 Å². The normalized spacial score (nSPS) is 21.3. The van der Waals surface area contributed by atoms with Crippen LogP contribution in [0.1, 0.15) is 29.2 Å². The molecule has 44 heavy (non-hydrogen) atoms. The van der Waals surface area contributed by atoms with Gasteiger partial charge in [-0.3, -0.25) is 24.2 Å². The third-order valence-electron chi connectivity index (χ3n) is 9.09. The van der Waals surface area contributed by atoms with Gasteiger partial charge in [0.25, 0.3) is 5.56 Å². The first-order valence-corrected chi connectivity index (χ1v) is 14.7. The smallest absolute Gasteiger partial charge is 0.332 e. The predicted molar refractivity (Wildman–Crippen MR) is 159 cm³/mol. The summed E-state index contributed by atoms with van der Waals surface area (Å²) < 4.78 is 26.7. The van der Waals surface area contributed by atoms with E-state index in [1.54, 1.807) is 42.5 Å². The minimum Gasteiger partial charge on any atom is -0.493 e. The van der Waals surface area contributed by atoms with Crippen LogP contribution in [0.15, 0.2) is 65.5 Å². The van der Waals surface area contributed by atoms with Gasteiger partial charge in [-0.1, -0.05) is 24.3 Å². The zero-order chi connectivity index (χ0) is 31.2. The van der Waals surface area contributed by atoms with Gasteiger partial charge in [-0.05, 0) is 60.2 Å². The predicted octanol–water partition coefficient (Wildman–Crippen LogP) is 3.27. The van der Waals surface area contributed by atoms with Crippen molar-refractivity contribution >= 4 is 17.8 Å². The zero-order valence-electron chi connectivity index (χ0n) is 25.0. The van der Waals surface area contributed by atoms with E-state index in [1.807, 2.05) is 10.6 Å². The molecular formula is C33H35FN4O6. The number of carbonyl (C=O) groups excluding carboxylic acids is 3. The number of piperidine rings is 1. The van der Waals surface area contributed by atoms with Crippen LogP contribution in [0, 0.1) is 17.2 Å². The fourth-order valence-electron chi connectivity index (χ4n) is 7.01. The molecule has 4 amide bonds. The van der Waals surface area contributed by atoms with Crippen molar-refractivity contribution < 1.29 is 28.2 Å². The van der Waals surface area contributed by atoms with Crippen LogP contribution in [-0.2, 0) is 29.2 Å². The number of barbiturate groups is 1. The summed E-state index contributed by atoms with van der Waals surface area (Å²) in [6.45, 7) is 2.12. The number of hydrogen-bond donors (Lipinski definition) is 0. The van der Waals surface area contributed by atoms with Crippen molar-refractivity contribution in [2.45, 2.75) is 31.9 Å². The second-order valence-corrected chi connectivity index (χ2v) is 12.1. The number of methoxy groups -OCH3 is 1. The number of likely N-dealkylation sites (tertiary alicyclic amines) is 1. The number of nitrogens with zero attached hydrogens (tertiary/aromatic N) is 4. The van der Waals surface area contributed by atoms with Crippen LogP contribution in [0.4, 0.5) is 9.18 Å². The maximum absolute atomic E-state index is 14.0. The van der Waals surface area contributed by atoms with E-state index >= 15 is 0 Å². The quantitative estimate of drug-likeness (QED) is 0.365. The number of amides is 4. The number of fused-ring (bicyclic) bond motifs is 4. The van der Waals surface area contributed by atoms with Gasteiger partial charge in [-0.15, -0.1) is 0 Å². The highest BCUT2D eigenvalue weighted by Gasteiger charge is 2.56. The van der Waals surface area contributed by atoms with Crippen molar-refractivity contribution in [3.63, 3.8) is 0 Å². The van der Waals surface area contributed by atoms with Crippen LogP contribution in [0.2, 0.25) is 0 Å². The van der Waals surface area contributed by atoms with E-state index in [1.165, 1.54) is 33.3 Å². The Labute approximate surface area is 254 Å². The number of benzene rings is 2. The van der Waals surface area contributed by atoms with E-state index in [4.69, 9.17) is 9.47 Å². The molecule has 0 aliphatic carbocycles. The van der Waals surface area contributed by atoms with E-state index in [9.17, 15) is 23.6 Å². The van der Waals surface area contributed by atoms with Gasteiger partial charge in [-0.2, -0.15) is 0 Å². The first-order chi connectivity index (χ1) is 21.1. The Hall–Kier alpha value is -4.51. The number of halogens is 1. The lowest BCUT2D eigenvalue weighted by molar-refractivity contribution is -0.159. The van der Waals surface area contributed by atoms with Gasteiger partial charge in [0.1, 0.15) is 17.8 Å². The molecule has 3 aliphatic rings. The second kappa shape index (κ2) is 11.5. The van der Waals surface area contributed by atoms with E-state index in [0.29, 0.717) is 36.7 Å². The Morgan fingerprint density at radius 2 is 1.57 bits per heavy atom. The lowest BCUT2D eigenvalue weighted by Gasteiger charge is -2.48. The Kier molecular flexibility index (Phi) is 7.75. The van der Waals surface area contributed by atoms with E-state index in [0.717, 1.165) is 27.5 Å². The zero-order valence-corrected chi connectivity index (χ0v) is 25.0. The number of imide groups is 2. The first-order valence-electron chi connectivity index (χ1n) is 14.7. The Balaban J connectivity index is 1.29. The molecule has 1 aromatic heterocycles. The molecule has 0 radical (unpaired) electrons. The highest BCUT2D eigenvalue weighted by molar-refractivity contribution is 6.19. The molecule has 4 heterocycles. The molecule has 11 heteroatoms.